The van der Waals surface area contributed by atoms with Crippen LogP contribution in [0.4, 0.5) is 0 Å². The van der Waals surface area contributed by atoms with Crippen LogP contribution in [0, 0.1) is 11.8 Å². The molecule has 1 saturated carbocycles. The minimum Gasteiger partial charge on any atom is -0.408 e. The molecular weight excluding hydrogens is 484 g/mol. The van der Waals surface area contributed by atoms with Crippen molar-refractivity contribution in [2.75, 3.05) is 25.9 Å². The zero-order chi connectivity index (χ0) is 24.3. The standard InChI is InChI=1S/C26H38N4O3S.ClH/c1-19(2)18-22(27-24(32)21-12-8-5-9-13-21)23(31)25-28-29-26(33-25)34-17-16-30(3)15-14-20-10-6-4-7-11-20;/h4,6-7,10-11,19,21-22H,5,8-9,12-18H2,1-3H3,(H,27,32);1H. The lowest BCUT2D eigenvalue weighted by atomic mass is 9.88. The summed E-state index contributed by atoms with van der Waals surface area (Å²) in [5.41, 5.74) is 1.33. The molecule has 194 valence electrons. The maximum absolute atomic E-state index is 13.1. The highest BCUT2D eigenvalue weighted by Crippen LogP contribution is 2.24. The molecule has 0 spiro atoms. The van der Waals surface area contributed by atoms with E-state index in [0.29, 0.717) is 11.6 Å². The summed E-state index contributed by atoms with van der Waals surface area (Å²) in [6, 6.07) is 9.81. The summed E-state index contributed by atoms with van der Waals surface area (Å²) >= 11 is 1.45. The van der Waals surface area contributed by atoms with E-state index in [1.54, 1.807) is 0 Å². The Kier molecular flexibility index (Phi) is 12.8. The number of Topliss-reactive ketones (excluding diaryl/α,β-unsaturated/α-hetero) is 1. The molecule has 1 unspecified atom stereocenters. The second-order valence-electron chi connectivity index (χ2n) is 9.65. The fourth-order valence-corrected chi connectivity index (χ4v) is 5.05. The van der Waals surface area contributed by atoms with Gasteiger partial charge >= 0.3 is 0 Å². The van der Waals surface area contributed by atoms with Crippen molar-refractivity contribution in [1.82, 2.24) is 20.4 Å². The van der Waals surface area contributed by atoms with Gasteiger partial charge < -0.3 is 14.6 Å². The van der Waals surface area contributed by atoms with E-state index >= 15 is 0 Å². The monoisotopic (exact) mass is 522 g/mol. The van der Waals surface area contributed by atoms with Gasteiger partial charge in [0.2, 0.25) is 11.7 Å². The number of benzene rings is 1. The molecule has 7 nitrogen and oxygen atoms in total. The van der Waals surface area contributed by atoms with Gasteiger partial charge in [0, 0.05) is 24.8 Å². The molecule has 0 saturated heterocycles. The Hall–Kier alpha value is -1.90. The maximum Gasteiger partial charge on any atom is 0.286 e. The Morgan fingerprint density at radius 1 is 1.11 bits per heavy atom. The Balaban J connectivity index is 0.00000432. The van der Waals surface area contributed by atoms with Crippen LogP contribution in [0.15, 0.2) is 40.0 Å². The van der Waals surface area contributed by atoms with Crippen LogP contribution in [0.3, 0.4) is 0 Å². The zero-order valence-electron chi connectivity index (χ0n) is 21.1. The molecule has 1 aliphatic rings. The Morgan fingerprint density at radius 3 is 2.51 bits per heavy atom. The SMILES string of the molecule is CC(C)CC(NC(=O)C1CCCCC1)C(=O)c1nnc(SCCN(C)CCc2ccccc2)o1.Cl. The Bertz CT molecular complexity index is 903. The highest BCUT2D eigenvalue weighted by molar-refractivity contribution is 7.99. The summed E-state index contributed by atoms with van der Waals surface area (Å²) in [4.78, 5) is 28.1. The summed E-state index contributed by atoms with van der Waals surface area (Å²) in [6.07, 6.45) is 6.69. The first-order valence-corrected chi connectivity index (χ1v) is 13.4. The van der Waals surface area contributed by atoms with Gasteiger partial charge in [-0.1, -0.05) is 75.2 Å². The third-order valence-electron chi connectivity index (χ3n) is 6.26. The van der Waals surface area contributed by atoms with Crippen molar-refractivity contribution in [1.29, 1.82) is 0 Å². The van der Waals surface area contributed by atoms with Gasteiger partial charge in [-0.3, -0.25) is 9.59 Å². The number of amides is 1. The van der Waals surface area contributed by atoms with E-state index in [9.17, 15) is 9.59 Å². The van der Waals surface area contributed by atoms with Gasteiger partial charge in [0.25, 0.3) is 11.1 Å². The number of carbonyl (C=O) groups is 2. The van der Waals surface area contributed by atoms with Gasteiger partial charge in [0.1, 0.15) is 0 Å². The summed E-state index contributed by atoms with van der Waals surface area (Å²) in [5, 5.41) is 11.4. The molecule has 1 aromatic heterocycles. The number of carbonyl (C=O) groups excluding carboxylic acids is 2. The quantitative estimate of drug-likeness (QED) is 0.291. The Morgan fingerprint density at radius 2 is 1.83 bits per heavy atom. The molecule has 1 aliphatic carbocycles. The summed E-state index contributed by atoms with van der Waals surface area (Å²) in [7, 11) is 2.10. The largest absolute Gasteiger partial charge is 0.408 e. The predicted octanol–water partition coefficient (Wildman–Crippen LogP) is 5.05. The number of rotatable bonds is 13. The molecule has 1 fully saturated rings. The molecule has 1 amide bonds. The van der Waals surface area contributed by atoms with E-state index in [-0.39, 0.29) is 41.8 Å². The number of aromatic nitrogens is 2. The van der Waals surface area contributed by atoms with Crippen LogP contribution in [0.5, 0.6) is 0 Å². The molecule has 35 heavy (non-hydrogen) atoms. The minimum absolute atomic E-state index is 0. The van der Waals surface area contributed by atoms with Crippen molar-refractivity contribution >= 4 is 35.9 Å². The van der Waals surface area contributed by atoms with Gasteiger partial charge in [-0.25, -0.2) is 0 Å². The summed E-state index contributed by atoms with van der Waals surface area (Å²) < 4.78 is 5.67. The molecule has 1 aromatic carbocycles. The van der Waals surface area contributed by atoms with Crippen LogP contribution in [-0.4, -0.2) is 58.7 Å². The Labute approximate surface area is 219 Å². The number of thioether (sulfide) groups is 1. The van der Waals surface area contributed by atoms with Crippen molar-refractivity contribution in [2.24, 2.45) is 11.8 Å². The van der Waals surface area contributed by atoms with Crippen molar-refractivity contribution in [2.45, 2.75) is 70.1 Å². The van der Waals surface area contributed by atoms with E-state index in [4.69, 9.17) is 4.42 Å². The van der Waals surface area contributed by atoms with Crippen molar-refractivity contribution in [3.05, 3.63) is 41.8 Å². The third-order valence-corrected chi connectivity index (χ3v) is 7.06. The highest BCUT2D eigenvalue weighted by atomic mass is 35.5. The van der Waals surface area contributed by atoms with Crippen LogP contribution in [-0.2, 0) is 11.2 Å². The molecule has 1 N–H and O–H groups in total. The smallest absolute Gasteiger partial charge is 0.286 e. The van der Waals surface area contributed by atoms with Crippen molar-refractivity contribution < 1.29 is 14.0 Å². The number of likely N-dealkylation sites (N-methyl/N-ethyl adjacent to an activating group) is 1. The highest BCUT2D eigenvalue weighted by Gasteiger charge is 2.30. The van der Waals surface area contributed by atoms with Gasteiger partial charge in [0.15, 0.2) is 0 Å². The molecular formula is C26H39ClN4O3S. The number of hydrogen-bond donors (Lipinski definition) is 1. The van der Waals surface area contributed by atoms with Crippen LogP contribution in [0.1, 0.15) is 68.6 Å². The van der Waals surface area contributed by atoms with Crippen LogP contribution >= 0.6 is 24.2 Å². The predicted molar refractivity (Wildman–Crippen MR) is 142 cm³/mol. The second-order valence-corrected chi connectivity index (χ2v) is 10.7. The van der Waals surface area contributed by atoms with Crippen LogP contribution in [0.2, 0.25) is 0 Å². The molecule has 0 aliphatic heterocycles. The second kappa shape index (κ2) is 15.3. The molecule has 1 heterocycles. The molecule has 9 heteroatoms. The fraction of sp³-hybridized carbons (Fsp3) is 0.615. The van der Waals surface area contributed by atoms with E-state index in [0.717, 1.165) is 50.9 Å². The maximum atomic E-state index is 13.1. The first-order chi connectivity index (χ1) is 16.4. The topological polar surface area (TPSA) is 88.3 Å². The third kappa shape index (κ3) is 9.94. The first-order valence-electron chi connectivity index (χ1n) is 12.5. The van der Waals surface area contributed by atoms with E-state index < -0.39 is 6.04 Å². The lowest BCUT2D eigenvalue weighted by molar-refractivity contribution is -0.126. The van der Waals surface area contributed by atoms with Gasteiger partial charge in [0.05, 0.1) is 6.04 Å². The molecule has 2 aromatic rings. The number of hydrogen-bond acceptors (Lipinski definition) is 7. The van der Waals surface area contributed by atoms with Gasteiger partial charge in [-0.15, -0.1) is 22.6 Å². The van der Waals surface area contributed by atoms with E-state index in [1.807, 2.05) is 19.9 Å². The van der Waals surface area contributed by atoms with Crippen molar-refractivity contribution in [3.63, 3.8) is 0 Å². The minimum atomic E-state index is -0.628. The molecule has 0 bridgehead atoms. The van der Waals surface area contributed by atoms with E-state index in [2.05, 4.69) is 51.7 Å². The summed E-state index contributed by atoms with van der Waals surface area (Å²) in [6.45, 7) is 5.92. The van der Waals surface area contributed by atoms with Crippen LogP contribution < -0.4 is 5.32 Å². The normalized spacial score (nSPS) is 15.1. The van der Waals surface area contributed by atoms with Crippen LogP contribution in [0.25, 0.3) is 0 Å². The average molecular weight is 523 g/mol. The molecule has 1 atom stereocenters. The molecule has 0 radical (unpaired) electrons. The molecule has 3 rings (SSSR count). The average Bonchev–Trinajstić information content (AvgIpc) is 3.31. The lowest BCUT2D eigenvalue weighted by Crippen LogP contribution is -2.45. The van der Waals surface area contributed by atoms with E-state index in [1.165, 1.54) is 23.7 Å². The summed E-state index contributed by atoms with van der Waals surface area (Å²) in [5.74, 6) is 0.709. The van der Waals surface area contributed by atoms with Gasteiger partial charge in [-0.05, 0) is 44.2 Å². The lowest BCUT2D eigenvalue weighted by Gasteiger charge is -2.24. The van der Waals surface area contributed by atoms with Crippen molar-refractivity contribution in [3.8, 4) is 0 Å². The zero-order valence-corrected chi connectivity index (χ0v) is 22.7. The number of halogens is 1. The fourth-order valence-electron chi connectivity index (χ4n) is 4.24. The van der Waals surface area contributed by atoms with Gasteiger partial charge in [-0.2, -0.15) is 0 Å². The first kappa shape index (κ1) is 29.3. The number of nitrogens with zero attached hydrogens (tertiary/aromatic N) is 3. The number of ketones is 1. The number of nitrogens with one attached hydrogen (secondary N) is 1.